The summed E-state index contributed by atoms with van der Waals surface area (Å²) in [6.07, 6.45) is 4.27. The van der Waals surface area contributed by atoms with Gasteiger partial charge in [-0.25, -0.2) is 8.78 Å². The number of nitrogens with one attached hydrogen (secondary N) is 3. The molecular weight excluding hydrogens is 791 g/mol. The summed E-state index contributed by atoms with van der Waals surface area (Å²) < 4.78 is 35.8. The molecule has 15 heteroatoms. The number of benzene rings is 3. The van der Waals surface area contributed by atoms with Gasteiger partial charge >= 0.3 is 0 Å². The number of imide groups is 1. The van der Waals surface area contributed by atoms with Crippen molar-refractivity contribution in [3.8, 4) is 23.0 Å². The highest BCUT2D eigenvalue weighted by Crippen LogP contribution is 2.42. The largest absolute Gasteiger partial charge is 0.389 e. The molecule has 312 valence electrons. The molecule has 7 rings (SSSR count). The van der Waals surface area contributed by atoms with E-state index in [1.807, 2.05) is 48.7 Å². The van der Waals surface area contributed by atoms with Gasteiger partial charge in [0.25, 0.3) is 5.91 Å². The fourth-order valence-corrected chi connectivity index (χ4v) is 8.23. The highest BCUT2D eigenvalue weighted by Gasteiger charge is 2.40. The predicted octanol–water partition coefficient (Wildman–Crippen LogP) is 6.14. The third-order valence-electron chi connectivity index (χ3n) is 11.3. The molecular formula is C45H46F2N6O6S. The zero-order chi connectivity index (χ0) is 42.4. The Bertz CT molecular complexity index is 2410. The molecule has 12 nitrogen and oxygen atoms in total. The minimum absolute atomic E-state index is 0.108. The number of thiocarbonyl (C=S) groups is 1. The number of hydrogen-bond donors (Lipinski definition) is 4. The molecule has 4 aromatic rings. The second kappa shape index (κ2) is 18.5. The second-order valence-electron chi connectivity index (χ2n) is 15.4. The fraction of sp³-hybridized carbons (Fsp3) is 0.378. The van der Waals surface area contributed by atoms with Crippen molar-refractivity contribution in [2.75, 3.05) is 25.1 Å². The molecule has 5 amide bonds. The van der Waals surface area contributed by atoms with Crippen molar-refractivity contribution < 1.29 is 37.5 Å². The number of carbonyl (C=O) groups excluding carboxylic acids is 5. The molecule has 0 bridgehead atoms. The van der Waals surface area contributed by atoms with E-state index >= 15 is 0 Å². The monoisotopic (exact) mass is 836 g/mol. The first kappa shape index (κ1) is 42.2. The van der Waals surface area contributed by atoms with Crippen LogP contribution < -0.4 is 21.7 Å². The van der Waals surface area contributed by atoms with Crippen molar-refractivity contribution in [2.45, 2.75) is 88.8 Å². The molecule has 1 aromatic heterocycles. The van der Waals surface area contributed by atoms with Gasteiger partial charge in [-0.2, -0.15) is 0 Å². The smallest absolute Gasteiger partial charge is 0.255 e. The van der Waals surface area contributed by atoms with Crippen LogP contribution in [0, 0.1) is 11.8 Å². The molecule has 2 aliphatic heterocycles. The van der Waals surface area contributed by atoms with Crippen LogP contribution in [0.4, 0.5) is 14.5 Å². The molecule has 5 N–H and O–H groups in total. The minimum atomic E-state index is -2.66. The van der Waals surface area contributed by atoms with E-state index in [1.54, 1.807) is 18.2 Å². The van der Waals surface area contributed by atoms with Gasteiger partial charge in [-0.05, 0) is 73.6 Å². The maximum absolute atomic E-state index is 14.1. The summed E-state index contributed by atoms with van der Waals surface area (Å²) in [7, 11) is 0. The Kier molecular flexibility index (Phi) is 13.0. The number of amides is 5. The maximum Gasteiger partial charge on any atom is 0.255 e. The Morgan fingerprint density at radius 2 is 1.73 bits per heavy atom. The van der Waals surface area contributed by atoms with Gasteiger partial charge in [0, 0.05) is 90.8 Å². The summed E-state index contributed by atoms with van der Waals surface area (Å²) in [4.78, 5) is 64.1. The first-order valence-corrected chi connectivity index (χ1v) is 20.6. The number of ether oxygens (including phenoxy) is 1. The third kappa shape index (κ3) is 9.89. The number of rotatable bonds is 14. The van der Waals surface area contributed by atoms with Crippen LogP contribution in [0.1, 0.15) is 97.3 Å². The van der Waals surface area contributed by atoms with Crippen molar-refractivity contribution in [1.82, 2.24) is 20.1 Å². The Hall–Kier alpha value is -5.98. The summed E-state index contributed by atoms with van der Waals surface area (Å²) in [5, 5.41) is 9.00. The highest BCUT2D eigenvalue weighted by atomic mass is 32.1. The maximum atomic E-state index is 14.1. The quantitative estimate of drug-likeness (QED) is 0.0510. The molecule has 3 aromatic carbocycles. The van der Waals surface area contributed by atoms with Crippen molar-refractivity contribution in [3.05, 3.63) is 89.1 Å². The number of fused-ring (bicyclic) bond motifs is 2. The van der Waals surface area contributed by atoms with Crippen LogP contribution in [0.25, 0.3) is 22.0 Å². The molecule has 2 fully saturated rings. The molecule has 0 radical (unpaired) electrons. The lowest BCUT2D eigenvalue weighted by molar-refractivity contribution is -0.137. The SMILES string of the molecule is NC(=S)c1cccc(-c2cn(C3CCC(F)(F)CC3)c3cc(NC(=O)CCCCC(=O)NCCOCC#Cc4cccc5c4CN(C4CCC(=O)NC4=O)C5=O)ccc23)c1. The number of carbonyl (C=O) groups is 5. The van der Waals surface area contributed by atoms with Gasteiger partial charge in [0.05, 0.1) is 12.1 Å². The topological polar surface area (TPSA) is 165 Å². The van der Waals surface area contributed by atoms with Crippen molar-refractivity contribution >= 4 is 63.3 Å². The summed E-state index contributed by atoms with van der Waals surface area (Å²) >= 11 is 5.19. The third-order valence-corrected chi connectivity index (χ3v) is 11.5. The van der Waals surface area contributed by atoms with Gasteiger partial charge in [-0.15, -0.1) is 0 Å². The molecule has 1 saturated carbocycles. The van der Waals surface area contributed by atoms with E-state index in [4.69, 9.17) is 22.7 Å². The molecule has 3 aliphatic rings. The van der Waals surface area contributed by atoms with Gasteiger partial charge < -0.3 is 30.6 Å². The number of hydrogen-bond acceptors (Lipinski definition) is 7. The predicted molar refractivity (Wildman–Crippen MR) is 226 cm³/mol. The van der Waals surface area contributed by atoms with Gasteiger partial charge in [-0.3, -0.25) is 29.3 Å². The Balaban J connectivity index is 0.841. The van der Waals surface area contributed by atoms with Crippen LogP contribution in [0.15, 0.2) is 66.9 Å². The first-order chi connectivity index (χ1) is 28.9. The van der Waals surface area contributed by atoms with E-state index < -0.39 is 17.9 Å². The van der Waals surface area contributed by atoms with Crippen molar-refractivity contribution in [1.29, 1.82) is 0 Å². The number of unbranched alkanes of at least 4 members (excludes halogenated alkanes) is 1. The summed E-state index contributed by atoms with van der Waals surface area (Å²) in [6, 6.07) is 17.7. The number of nitrogens with two attached hydrogens (primary N) is 1. The molecule has 1 aliphatic carbocycles. The van der Waals surface area contributed by atoms with Crippen molar-refractivity contribution in [2.24, 2.45) is 5.73 Å². The lowest BCUT2D eigenvalue weighted by atomic mass is 9.92. The van der Waals surface area contributed by atoms with E-state index in [0.717, 1.165) is 33.2 Å². The van der Waals surface area contributed by atoms with E-state index in [-0.39, 0.29) is 99.5 Å². The minimum Gasteiger partial charge on any atom is -0.389 e. The van der Waals surface area contributed by atoms with Crippen LogP contribution >= 0.6 is 12.2 Å². The Morgan fingerprint density at radius 3 is 2.50 bits per heavy atom. The van der Waals surface area contributed by atoms with Crippen LogP contribution in [-0.2, 0) is 30.5 Å². The molecule has 1 unspecified atom stereocenters. The van der Waals surface area contributed by atoms with E-state index in [9.17, 15) is 32.8 Å². The number of anilines is 1. The molecule has 60 heavy (non-hydrogen) atoms. The molecule has 0 spiro atoms. The average molecular weight is 837 g/mol. The first-order valence-electron chi connectivity index (χ1n) is 20.2. The van der Waals surface area contributed by atoms with E-state index in [1.165, 1.54) is 4.90 Å². The fourth-order valence-electron chi connectivity index (χ4n) is 8.11. The lowest BCUT2D eigenvalue weighted by Gasteiger charge is -2.29. The number of halogens is 2. The van der Waals surface area contributed by atoms with Crippen LogP contribution in [0.3, 0.4) is 0 Å². The number of nitrogens with zero attached hydrogens (tertiary/aromatic N) is 2. The zero-order valence-corrected chi connectivity index (χ0v) is 33.8. The molecule has 1 atom stereocenters. The van der Waals surface area contributed by atoms with Gasteiger partial charge in [0.2, 0.25) is 29.6 Å². The van der Waals surface area contributed by atoms with Crippen LogP contribution in [-0.4, -0.2) is 75.7 Å². The zero-order valence-electron chi connectivity index (χ0n) is 33.0. The van der Waals surface area contributed by atoms with Crippen LogP contribution in [0.5, 0.6) is 0 Å². The normalized spacial score (nSPS) is 17.5. The molecule has 3 heterocycles. The standard InChI is InChI=1S/C45H46F2N6O6S/c46-45(47)19-17-32(18-20-45)52-26-36(29-7-3-8-30(24-29)42(48)60)33-14-13-31(25-38(33)52)50-40(55)12-2-1-11-39(54)49-21-23-59-22-5-9-28-6-4-10-34-35(28)27-53(44(34)58)37-15-16-41(56)51-43(37)57/h3-4,6-8,10,13-14,24-26,32,37H,1-2,11-12,15-23,27H2,(H2,48,60)(H,49,54)(H,50,55)(H,51,56,57). The number of aromatic nitrogens is 1. The average Bonchev–Trinajstić information content (AvgIpc) is 3.77. The highest BCUT2D eigenvalue weighted by molar-refractivity contribution is 7.80. The van der Waals surface area contributed by atoms with E-state index in [0.29, 0.717) is 42.5 Å². The van der Waals surface area contributed by atoms with Gasteiger partial charge in [0.15, 0.2) is 0 Å². The van der Waals surface area contributed by atoms with Gasteiger partial charge in [-0.1, -0.05) is 54.4 Å². The summed E-state index contributed by atoms with van der Waals surface area (Å²) in [5.74, 6) is 1.91. The van der Waals surface area contributed by atoms with Gasteiger partial charge in [0.1, 0.15) is 17.6 Å². The molecule has 1 saturated heterocycles. The lowest BCUT2D eigenvalue weighted by Crippen LogP contribution is -2.52. The van der Waals surface area contributed by atoms with Crippen molar-refractivity contribution in [3.63, 3.8) is 0 Å². The summed E-state index contributed by atoms with van der Waals surface area (Å²) in [5.41, 5.74) is 11.8. The summed E-state index contributed by atoms with van der Waals surface area (Å²) in [6.45, 7) is 0.872. The Labute approximate surface area is 351 Å². The number of piperidine rings is 1. The Morgan fingerprint density at radius 1 is 0.967 bits per heavy atom. The second-order valence-corrected chi connectivity index (χ2v) is 15.8. The van der Waals surface area contributed by atoms with Crippen LogP contribution in [0.2, 0.25) is 0 Å². The van der Waals surface area contributed by atoms with E-state index in [2.05, 4.69) is 32.4 Å². The number of alkyl halides is 2.